The maximum absolute atomic E-state index is 13.9. The van der Waals surface area contributed by atoms with Gasteiger partial charge in [-0.2, -0.15) is 0 Å². The highest BCUT2D eigenvalue weighted by Crippen LogP contribution is 2.42. The van der Waals surface area contributed by atoms with E-state index in [0.717, 1.165) is 12.1 Å². The molecule has 1 aromatic carbocycles. The molecule has 0 saturated carbocycles. The van der Waals surface area contributed by atoms with Crippen molar-refractivity contribution in [3.8, 4) is 11.5 Å². The standard InChI is InChI=1S/C20H29NO3/c1-5-13(2)8-15-12-21-7-6-14-9-19(23-3)20(24-4)10-16(14)17(21)11-18(15)22/h9-10,13,15,17H,5-8,11-12H2,1-4H3/i2D3,3D3,4D3,5D2,8D2,11D2,12D2,13D,15D. The van der Waals surface area contributed by atoms with Gasteiger partial charge in [-0.25, -0.2) is 0 Å². The fourth-order valence-electron chi connectivity index (χ4n) is 2.73. The molecule has 0 aliphatic carbocycles. The van der Waals surface area contributed by atoms with Gasteiger partial charge >= 0.3 is 0 Å². The van der Waals surface area contributed by atoms with Crippen LogP contribution in [0.15, 0.2) is 12.1 Å². The Bertz CT molecular complexity index is 1260. The van der Waals surface area contributed by atoms with Crippen LogP contribution in [0.1, 0.15) is 76.1 Å². The summed E-state index contributed by atoms with van der Waals surface area (Å²) in [4.78, 5) is 14.5. The van der Waals surface area contributed by atoms with E-state index in [9.17, 15) is 4.79 Å². The van der Waals surface area contributed by atoms with Crippen molar-refractivity contribution in [2.75, 3.05) is 27.1 Å². The number of nitrogens with zero attached hydrogens (tertiary/aromatic N) is 1. The molecule has 2 aliphatic rings. The molecule has 2 aliphatic heterocycles. The van der Waals surface area contributed by atoms with E-state index >= 15 is 0 Å². The molecule has 4 heteroatoms. The van der Waals surface area contributed by atoms with Gasteiger partial charge in [-0.3, -0.25) is 9.69 Å². The second kappa shape index (κ2) is 7.14. The summed E-state index contributed by atoms with van der Waals surface area (Å²) < 4.78 is 163. The number of carbonyl (C=O) groups excluding carboxylic acids is 1. The molecule has 1 saturated heterocycles. The second-order valence-corrected chi connectivity index (χ2v) is 5.26. The normalized spacial score (nSPS) is 48.0. The minimum atomic E-state index is -4.20. The summed E-state index contributed by atoms with van der Waals surface area (Å²) in [6.45, 7) is -7.50. The lowest BCUT2D eigenvalue weighted by Crippen LogP contribution is -2.46. The van der Waals surface area contributed by atoms with Gasteiger partial charge in [0.1, 0.15) is 5.78 Å². The molecule has 0 aromatic heterocycles. The largest absolute Gasteiger partial charge is 0.493 e. The van der Waals surface area contributed by atoms with Crippen LogP contribution in [0.2, 0.25) is 0 Å². The zero-order valence-electron chi connectivity index (χ0n) is 31.8. The van der Waals surface area contributed by atoms with E-state index in [2.05, 4.69) is 0 Å². The first-order valence-electron chi connectivity index (χ1n) is 16.7. The Labute approximate surface area is 171 Å². The van der Waals surface area contributed by atoms with E-state index in [-0.39, 0.29) is 17.5 Å². The van der Waals surface area contributed by atoms with Crippen molar-refractivity contribution in [1.29, 1.82) is 0 Å². The summed E-state index contributed by atoms with van der Waals surface area (Å²) >= 11 is 0. The molecule has 0 amide bonds. The Morgan fingerprint density at radius 3 is 3.00 bits per heavy atom. The van der Waals surface area contributed by atoms with Crippen LogP contribution < -0.4 is 9.47 Å². The summed E-state index contributed by atoms with van der Waals surface area (Å²) in [5.41, 5.74) is -0.208. The van der Waals surface area contributed by atoms with Gasteiger partial charge in [0.15, 0.2) is 11.5 Å². The molecule has 132 valence electrons. The van der Waals surface area contributed by atoms with Crippen LogP contribution >= 0.6 is 0 Å². The van der Waals surface area contributed by atoms with Crippen molar-refractivity contribution >= 4 is 5.78 Å². The van der Waals surface area contributed by atoms with E-state index in [0.29, 0.717) is 11.8 Å². The van der Waals surface area contributed by atoms with Gasteiger partial charge < -0.3 is 9.47 Å². The first-order valence-corrected chi connectivity index (χ1v) is 7.15. The summed E-state index contributed by atoms with van der Waals surface area (Å²) in [5, 5.41) is 0. The molecule has 1 fully saturated rings. The van der Waals surface area contributed by atoms with Gasteiger partial charge in [0.05, 0.1) is 22.3 Å². The number of carbonyl (C=O) groups is 1. The lowest BCUT2D eigenvalue weighted by Gasteiger charge is -2.43. The molecule has 1 aromatic rings. The molecule has 2 heterocycles. The van der Waals surface area contributed by atoms with E-state index in [4.69, 9.17) is 35.5 Å². The quantitative estimate of drug-likeness (QED) is 0.813. The maximum Gasteiger partial charge on any atom is 0.161 e. The number of piperidine rings is 1. The van der Waals surface area contributed by atoms with Gasteiger partial charge in [0.2, 0.25) is 0 Å². The molecule has 24 heavy (non-hydrogen) atoms. The fraction of sp³-hybridized carbons (Fsp3) is 0.650. The third kappa shape index (κ3) is 3.16. The minimum absolute atomic E-state index is 0.0774. The van der Waals surface area contributed by atoms with E-state index in [1.54, 1.807) is 0 Å². The summed E-state index contributed by atoms with van der Waals surface area (Å²) in [7, 11) is -6.26. The van der Waals surface area contributed by atoms with Crippen LogP contribution in [0.4, 0.5) is 0 Å². The van der Waals surface area contributed by atoms with Crippen molar-refractivity contribution < 1.29 is 40.3 Å². The lowest BCUT2D eigenvalue weighted by molar-refractivity contribution is -0.129. The average molecular weight is 351 g/mol. The molecule has 4 nitrogen and oxygen atoms in total. The number of methoxy groups -OCH3 is 2. The Balaban J connectivity index is 2.33. The molecule has 3 unspecified atom stereocenters. The van der Waals surface area contributed by atoms with Crippen molar-refractivity contribution in [2.45, 2.75) is 45.4 Å². The number of benzene rings is 1. The number of hydrogen-bond acceptors (Lipinski definition) is 4. The zero-order chi connectivity index (χ0) is 33.8. The second-order valence-electron chi connectivity index (χ2n) is 5.26. The number of fused-ring (bicyclic) bond motifs is 3. The molecule has 0 N–H and O–H groups in total. The average Bonchev–Trinajstić information content (AvgIpc) is 2.77. The lowest BCUT2D eigenvalue weighted by atomic mass is 9.79. The molecular weight excluding hydrogens is 302 g/mol. The van der Waals surface area contributed by atoms with Gasteiger partial charge in [-0.05, 0) is 41.9 Å². The van der Waals surface area contributed by atoms with Crippen molar-refractivity contribution in [3.63, 3.8) is 0 Å². The Morgan fingerprint density at radius 1 is 1.50 bits per heavy atom. The minimum Gasteiger partial charge on any atom is -0.493 e. The van der Waals surface area contributed by atoms with Crippen LogP contribution in [0, 0.1) is 11.8 Å². The number of Topliss-reactive ketones (excluding diaryl/α,β-unsaturated/α-hetero) is 1. The predicted octanol–water partition coefficient (Wildman–Crippen LogP) is 3.63. The van der Waals surface area contributed by atoms with Gasteiger partial charge in [0.25, 0.3) is 0 Å². The molecule has 0 radical (unpaired) electrons. The smallest absolute Gasteiger partial charge is 0.161 e. The van der Waals surface area contributed by atoms with Gasteiger partial charge in [0, 0.05) is 49.2 Å². The van der Waals surface area contributed by atoms with Crippen LogP contribution in [-0.4, -0.2) is 37.8 Å². The first-order chi connectivity index (χ1) is 18.8. The van der Waals surface area contributed by atoms with Gasteiger partial charge in [-0.15, -0.1) is 0 Å². The number of ether oxygens (including phenoxy) is 2. The van der Waals surface area contributed by atoms with E-state index < -0.39 is 88.2 Å². The van der Waals surface area contributed by atoms with Crippen LogP contribution in [0.25, 0.3) is 0 Å². The summed E-state index contributed by atoms with van der Waals surface area (Å²) in [6, 6.07) is -0.151. The van der Waals surface area contributed by atoms with Crippen molar-refractivity contribution in [3.05, 3.63) is 23.3 Å². The summed E-state index contributed by atoms with van der Waals surface area (Å²) in [6.07, 6.45) is -11.2. The topological polar surface area (TPSA) is 38.8 Å². The van der Waals surface area contributed by atoms with Crippen molar-refractivity contribution in [2.24, 2.45) is 11.8 Å². The third-order valence-electron chi connectivity index (χ3n) is 3.90. The van der Waals surface area contributed by atoms with E-state index in [1.807, 2.05) is 0 Å². The summed E-state index contributed by atoms with van der Waals surface area (Å²) in [5.74, 6) is -11.4. The highest BCUT2D eigenvalue weighted by atomic mass is 16.5. The van der Waals surface area contributed by atoms with Gasteiger partial charge in [-0.1, -0.05) is 20.1 Å². The Kier molecular flexibility index (Phi) is 1.63. The Morgan fingerprint density at radius 2 is 2.29 bits per heavy atom. The highest BCUT2D eigenvalue weighted by molar-refractivity contribution is 5.83. The highest BCUT2D eigenvalue weighted by Gasteiger charge is 2.38. The molecule has 3 atom stereocenters. The Hall–Kier alpha value is -1.55. The SMILES string of the molecule is [2H]C([2H])([2H])Oc1cc2c(cc1OC([2H])([2H])[2H])C1N(CC2)C([2H])([2H])C([2H])(C([2H])([2H])C([2H])(C([2H])([2H])[2H])C([2H])([2H])C)C(=O)C1([2H])[2H]. The fourth-order valence-corrected chi connectivity index (χ4v) is 2.73. The maximum atomic E-state index is 13.9. The first kappa shape index (κ1) is 5.47. The van der Waals surface area contributed by atoms with E-state index in [1.165, 1.54) is 0 Å². The number of ketones is 1. The number of hydrogen-bond donors (Lipinski definition) is 0. The monoisotopic (exact) mass is 350 g/mol. The van der Waals surface area contributed by atoms with Crippen LogP contribution in [0.5, 0.6) is 11.5 Å². The van der Waals surface area contributed by atoms with Crippen molar-refractivity contribution in [1.82, 2.24) is 4.90 Å². The molecular formula is C20H29NO3. The molecule has 0 bridgehead atoms. The van der Waals surface area contributed by atoms with Crippen LogP contribution in [0.3, 0.4) is 0 Å². The molecule has 0 spiro atoms. The number of rotatable bonds is 5. The third-order valence-corrected chi connectivity index (χ3v) is 3.90. The predicted molar refractivity (Wildman–Crippen MR) is 94.8 cm³/mol. The van der Waals surface area contributed by atoms with Crippen LogP contribution in [-0.2, 0) is 11.2 Å². The zero-order valence-corrected chi connectivity index (χ0v) is 12.8. The molecule has 3 rings (SSSR count).